The van der Waals surface area contributed by atoms with Crippen LogP contribution in [0.4, 0.5) is 0 Å². The lowest BCUT2D eigenvalue weighted by Crippen LogP contribution is -2.44. The van der Waals surface area contributed by atoms with Crippen LogP contribution in [-0.4, -0.2) is 17.6 Å². The summed E-state index contributed by atoms with van der Waals surface area (Å²) in [7, 11) is 0. The minimum atomic E-state index is -0.559. The number of hydrogen-bond acceptors (Lipinski definition) is 3. The van der Waals surface area contributed by atoms with E-state index in [1.807, 2.05) is 25.1 Å². The van der Waals surface area contributed by atoms with Gasteiger partial charge in [0.2, 0.25) is 0 Å². The summed E-state index contributed by atoms with van der Waals surface area (Å²) in [5.74, 6) is 1.52. The molecule has 1 aliphatic carbocycles. The molecule has 0 unspecified atom stereocenters. The van der Waals surface area contributed by atoms with Crippen LogP contribution in [0.25, 0.3) is 0 Å². The molecular weight excluding hydrogens is 362 g/mol. The van der Waals surface area contributed by atoms with E-state index in [1.54, 1.807) is 0 Å². The van der Waals surface area contributed by atoms with Gasteiger partial charge in [-0.3, -0.25) is 4.79 Å². The van der Waals surface area contributed by atoms with E-state index in [0.717, 1.165) is 41.9 Å². The summed E-state index contributed by atoms with van der Waals surface area (Å²) in [6.45, 7) is 7.99. The average Bonchev–Trinajstić information content (AvgIpc) is 2.68. The summed E-state index contributed by atoms with van der Waals surface area (Å²) in [4.78, 5) is 12.9. The van der Waals surface area contributed by atoms with Gasteiger partial charge in [-0.1, -0.05) is 23.8 Å². The second-order valence-electron chi connectivity index (χ2n) is 9.07. The van der Waals surface area contributed by atoms with Crippen LogP contribution in [0.3, 0.4) is 0 Å². The molecule has 0 saturated carbocycles. The first-order valence-electron chi connectivity index (χ1n) is 10.7. The van der Waals surface area contributed by atoms with Crippen LogP contribution in [0.1, 0.15) is 68.3 Å². The lowest BCUT2D eigenvalue weighted by molar-refractivity contribution is -0.128. The summed E-state index contributed by atoms with van der Waals surface area (Å²) in [6.07, 6.45) is 4.89. The molecule has 0 fully saturated rings. The van der Waals surface area contributed by atoms with Gasteiger partial charge in [0, 0.05) is 12.0 Å². The molecule has 0 bridgehead atoms. The van der Waals surface area contributed by atoms with E-state index in [-0.39, 0.29) is 17.6 Å². The molecule has 29 heavy (non-hydrogen) atoms. The zero-order valence-electron chi connectivity index (χ0n) is 17.9. The largest absolute Gasteiger partial charge is 0.487 e. The van der Waals surface area contributed by atoms with Gasteiger partial charge in [-0.2, -0.15) is 0 Å². The molecule has 4 nitrogen and oxygen atoms in total. The molecule has 4 rings (SSSR count). The van der Waals surface area contributed by atoms with Crippen molar-refractivity contribution in [1.82, 2.24) is 5.32 Å². The van der Waals surface area contributed by atoms with Gasteiger partial charge in [0.25, 0.3) is 5.91 Å². The molecule has 0 radical (unpaired) electrons. The number of carbonyl (C=O) groups excluding carboxylic acids is 1. The highest BCUT2D eigenvalue weighted by Crippen LogP contribution is 2.40. The Hall–Kier alpha value is -2.49. The molecule has 2 aliphatic rings. The monoisotopic (exact) mass is 393 g/mol. The second kappa shape index (κ2) is 7.74. The third-order valence-electron chi connectivity index (χ3n) is 5.94. The highest BCUT2D eigenvalue weighted by molar-refractivity contribution is 5.81. The van der Waals surface area contributed by atoms with Gasteiger partial charge in [0.05, 0.1) is 6.04 Å². The third kappa shape index (κ3) is 4.42. The average molecular weight is 394 g/mol. The SMILES string of the molecule is Cc1ccc2c(c1)[C@@H](NC(=O)[C@H](C)Oc1ccc3c(c1)CCCC3)CC(C)(C)O2. The van der Waals surface area contributed by atoms with Crippen molar-refractivity contribution in [2.75, 3.05) is 0 Å². The van der Waals surface area contributed by atoms with Crippen LogP contribution in [0.15, 0.2) is 36.4 Å². The van der Waals surface area contributed by atoms with Gasteiger partial charge in [0.1, 0.15) is 17.1 Å². The molecule has 1 amide bonds. The van der Waals surface area contributed by atoms with E-state index >= 15 is 0 Å². The minimum Gasteiger partial charge on any atom is -0.487 e. The summed E-state index contributed by atoms with van der Waals surface area (Å²) in [5.41, 5.74) is 4.64. The molecule has 2 aromatic rings. The Labute approximate surface area is 173 Å². The zero-order chi connectivity index (χ0) is 20.6. The lowest BCUT2D eigenvalue weighted by atomic mass is 9.89. The zero-order valence-corrected chi connectivity index (χ0v) is 17.9. The Morgan fingerprint density at radius 3 is 2.69 bits per heavy atom. The number of carbonyl (C=O) groups is 1. The Morgan fingerprint density at radius 1 is 1.14 bits per heavy atom. The maximum atomic E-state index is 12.9. The molecular formula is C25H31NO3. The lowest BCUT2D eigenvalue weighted by Gasteiger charge is -2.38. The first-order valence-corrected chi connectivity index (χ1v) is 10.7. The van der Waals surface area contributed by atoms with Crippen LogP contribution in [-0.2, 0) is 17.6 Å². The Kier molecular flexibility index (Phi) is 5.28. The van der Waals surface area contributed by atoms with E-state index in [4.69, 9.17) is 9.47 Å². The van der Waals surface area contributed by atoms with E-state index in [9.17, 15) is 4.79 Å². The van der Waals surface area contributed by atoms with Gasteiger partial charge in [-0.15, -0.1) is 0 Å². The van der Waals surface area contributed by atoms with Gasteiger partial charge in [0.15, 0.2) is 6.10 Å². The van der Waals surface area contributed by atoms with Crippen molar-refractivity contribution < 1.29 is 14.3 Å². The summed E-state index contributed by atoms with van der Waals surface area (Å²) in [6, 6.07) is 12.3. The van der Waals surface area contributed by atoms with Crippen LogP contribution >= 0.6 is 0 Å². The third-order valence-corrected chi connectivity index (χ3v) is 5.94. The maximum absolute atomic E-state index is 12.9. The first-order chi connectivity index (χ1) is 13.8. The topological polar surface area (TPSA) is 47.6 Å². The van der Waals surface area contributed by atoms with Crippen molar-refractivity contribution in [2.24, 2.45) is 0 Å². The summed E-state index contributed by atoms with van der Waals surface area (Å²) < 4.78 is 12.1. The molecule has 1 N–H and O–H groups in total. The summed E-state index contributed by atoms with van der Waals surface area (Å²) >= 11 is 0. The number of rotatable bonds is 4. The normalized spacial score (nSPS) is 20.6. The van der Waals surface area contributed by atoms with Crippen LogP contribution in [0, 0.1) is 6.92 Å². The molecule has 1 aliphatic heterocycles. The molecule has 0 spiro atoms. The van der Waals surface area contributed by atoms with Crippen molar-refractivity contribution in [3.8, 4) is 11.5 Å². The highest BCUT2D eigenvalue weighted by atomic mass is 16.5. The molecule has 2 atom stereocenters. The molecule has 0 saturated heterocycles. The van der Waals surface area contributed by atoms with Crippen LogP contribution < -0.4 is 14.8 Å². The number of amides is 1. The number of fused-ring (bicyclic) bond motifs is 2. The molecule has 2 aromatic carbocycles. The van der Waals surface area contributed by atoms with Gasteiger partial charge in [-0.25, -0.2) is 0 Å². The fourth-order valence-corrected chi connectivity index (χ4v) is 4.43. The Morgan fingerprint density at radius 2 is 1.90 bits per heavy atom. The van der Waals surface area contributed by atoms with E-state index in [1.165, 1.54) is 24.0 Å². The smallest absolute Gasteiger partial charge is 0.261 e. The van der Waals surface area contributed by atoms with E-state index in [0.29, 0.717) is 0 Å². The van der Waals surface area contributed by atoms with Crippen molar-refractivity contribution >= 4 is 5.91 Å². The number of ether oxygens (including phenoxy) is 2. The quantitative estimate of drug-likeness (QED) is 0.790. The predicted molar refractivity (Wildman–Crippen MR) is 115 cm³/mol. The van der Waals surface area contributed by atoms with Crippen molar-refractivity contribution in [2.45, 2.75) is 77.5 Å². The van der Waals surface area contributed by atoms with Gasteiger partial charge < -0.3 is 14.8 Å². The van der Waals surface area contributed by atoms with Gasteiger partial charge >= 0.3 is 0 Å². The van der Waals surface area contributed by atoms with Crippen LogP contribution in [0.5, 0.6) is 11.5 Å². The molecule has 1 heterocycles. The van der Waals surface area contributed by atoms with Crippen molar-refractivity contribution in [3.05, 3.63) is 58.7 Å². The predicted octanol–water partition coefficient (Wildman–Crippen LogP) is 5.06. The van der Waals surface area contributed by atoms with E-state index in [2.05, 4.69) is 44.3 Å². The Balaban J connectivity index is 1.47. The fraction of sp³-hybridized carbons (Fsp3) is 0.480. The molecule has 0 aromatic heterocycles. The van der Waals surface area contributed by atoms with Crippen molar-refractivity contribution in [1.29, 1.82) is 0 Å². The number of benzene rings is 2. The maximum Gasteiger partial charge on any atom is 0.261 e. The number of aryl methyl sites for hydroxylation is 3. The fourth-order valence-electron chi connectivity index (χ4n) is 4.43. The van der Waals surface area contributed by atoms with Crippen LogP contribution in [0.2, 0.25) is 0 Å². The minimum absolute atomic E-state index is 0.0873. The Bertz CT molecular complexity index is 918. The molecule has 154 valence electrons. The number of nitrogens with one attached hydrogen (secondary N) is 1. The van der Waals surface area contributed by atoms with Crippen molar-refractivity contribution in [3.63, 3.8) is 0 Å². The van der Waals surface area contributed by atoms with E-state index < -0.39 is 6.10 Å². The molecule has 4 heteroatoms. The first kappa shape index (κ1) is 19.8. The van der Waals surface area contributed by atoms with Gasteiger partial charge in [-0.05, 0) is 82.7 Å². The standard InChI is InChI=1S/C25H31NO3/c1-16-9-12-23-21(13-16)22(15-25(3,4)29-23)26-24(27)17(2)28-20-11-10-18-7-5-6-8-19(18)14-20/h9-14,17,22H,5-8,15H2,1-4H3,(H,26,27)/t17-,22-/m0/s1. The summed E-state index contributed by atoms with van der Waals surface area (Å²) in [5, 5.41) is 3.20. The second-order valence-corrected chi connectivity index (χ2v) is 9.07. The number of hydrogen-bond donors (Lipinski definition) is 1. The highest BCUT2D eigenvalue weighted by Gasteiger charge is 2.35.